The zero-order chi connectivity index (χ0) is 10.6. The molecule has 0 radical (unpaired) electrons. The van der Waals surface area contributed by atoms with Gasteiger partial charge in [0.05, 0.1) is 6.54 Å². The van der Waals surface area contributed by atoms with Gasteiger partial charge in [0, 0.05) is 6.07 Å². The van der Waals surface area contributed by atoms with Crippen molar-refractivity contribution in [2.75, 3.05) is 13.2 Å². The Morgan fingerprint density at radius 3 is 2.71 bits per heavy atom. The van der Waals surface area contributed by atoms with Crippen LogP contribution in [-0.2, 0) is 0 Å². The van der Waals surface area contributed by atoms with E-state index in [-0.39, 0.29) is 11.5 Å². The van der Waals surface area contributed by atoms with E-state index in [9.17, 15) is 8.78 Å². The van der Waals surface area contributed by atoms with Gasteiger partial charge in [-0.3, -0.25) is 0 Å². The first-order chi connectivity index (χ1) is 6.53. The molecule has 0 heterocycles. The SMILES string of the molecule is NCC(F)(F)COc1cccc(O)c1. The molecule has 3 N–H and O–H groups in total. The predicted molar refractivity (Wildman–Crippen MR) is 47.6 cm³/mol. The number of ether oxygens (including phenoxy) is 1. The van der Waals surface area contributed by atoms with Gasteiger partial charge in [0.15, 0.2) is 6.61 Å². The number of nitrogens with two attached hydrogens (primary N) is 1. The number of benzene rings is 1. The van der Waals surface area contributed by atoms with Crippen LogP contribution in [0.25, 0.3) is 0 Å². The average molecular weight is 203 g/mol. The van der Waals surface area contributed by atoms with Gasteiger partial charge in [-0.25, -0.2) is 8.78 Å². The third-order valence-electron chi connectivity index (χ3n) is 1.57. The second-order valence-electron chi connectivity index (χ2n) is 2.85. The Balaban J connectivity index is 2.54. The quantitative estimate of drug-likeness (QED) is 0.776. The molecule has 0 aliphatic rings. The van der Waals surface area contributed by atoms with Crippen LogP contribution < -0.4 is 10.5 Å². The number of alkyl halides is 2. The summed E-state index contributed by atoms with van der Waals surface area (Å²) in [5.74, 6) is -2.87. The van der Waals surface area contributed by atoms with Crippen molar-refractivity contribution in [2.45, 2.75) is 5.92 Å². The van der Waals surface area contributed by atoms with Gasteiger partial charge in [-0.15, -0.1) is 0 Å². The largest absolute Gasteiger partial charge is 0.508 e. The van der Waals surface area contributed by atoms with Gasteiger partial charge in [0.2, 0.25) is 0 Å². The molecule has 0 unspecified atom stereocenters. The number of hydrogen-bond acceptors (Lipinski definition) is 3. The van der Waals surface area contributed by atoms with Crippen LogP contribution >= 0.6 is 0 Å². The van der Waals surface area contributed by atoms with Gasteiger partial charge in [-0.05, 0) is 12.1 Å². The van der Waals surface area contributed by atoms with E-state index in [0.29, 0.717) is 0 Å². The van der Waals surface area contributed by atoms with Gasteiger partial charge in [0.1, 0.15) is 11.5 Å². The second-order valence-corrected chi connectivity index (χ2v) is 2.85. The molecule has 78 valence electrons. The molecule has 0 aromatic heterocycles. The highest BCUT2D eigenvalue weighted by molar-refractivity contribution is 5.31. The van der Waals surface area contributed by atoms with Crippen molar-refractivity contribution >= 4 is 0 Å². The predicted octanol–water partition coefficient (Wildman–Crippen LogP) is 1.36. The highest BCUT2D eigenvalue weighted by atomic mass is 19.3. The van der Waals surface area contributed by atoms with Crippen LogP contribution in [0.2, 0.25) is 0 Å². The van der Waals surface area contributed by atoms with E-state index in [1.54, 1.807) is 0 Å². The molecular formula is C9H11F2NO2. The topological polar surface area (TPSA) is 55.5 Å². The highest BCUT2D eigenvalue weighted by Crippen LogP contribution is 2.20. The third-order valence-corrected chi connectivity index (χ3v) is 1.57. The molecule has 3 nitrogen and oxygen atoms in total. The molecule has 1 rings (SSSR count). The Morgan fingerprint density at radius 1 is 1.43 bits per heavy atom. The molecule has 0 spiro atoms. The number of hydrogen-bond donors (Lipinski definition) is 2. The van der Waals surface area contributed by atoms with Crippen molar-refractivity contribution in [3.8, 4) is 11.5 Å². The van der Waals surface area contributed by atoms with Crippen LogP contribution in [0.3, 0.4) is 0 Å². The summed E-state index contributed by atoms with van der Waals surface area (Å²) < 4.78 is 30.0. The fourth-order valence-electron chi connectivity index (χ4n) is 0.821. The zero-order valence-corrected chi connectivity index (χ0v) is 7.41. The van der Waals surface area contributed by atoms with Gasteiger partial charge < -0.3 is 15.6 Å². The van der Waals surface area contributed by atoms with Gasteiger partial charge in [0.25, 0.3) is 5.92 Å². The maximum absolute atomic E-state index is 12.6. The molecule has 0 aliphatic heterocycles. The van der Waals surface area contributed by atoms with Crippen molar-refractivity contribution in [3.05, 3.63) is 24.3 Å². The van der Waals surface area contributed by atoms with E-state index in [0.717, 1.165) is 0 Å². The first-order valence-electron chi connectivity index (χ1n) is 4.03. The van der Waals surface area contributed by atoms with E-state index in [1.807, 2.05) is 0 Å². The van der Waals surface area contributed by atoms with Gasteiger partial charge >= 0.3 is 0 Å². The van der Waals surface area contributed by atoms with Crippen LogP contribution in [0.1, 0.15) is 0 Å². The highest BCUT2D eigenvalue weighted by Gasteiger charge is 2.27. The second kappa shape index (κ2) is 4.23. The summed E-state index contributed by atoms with van der Waals surface area (Å²) in [4.78, 5) is 0. The smallest absolute Gasteiger partial charge is 0.293 e. The van der Waals surface area contributed by atoms with Crippen molar-refractivity contribution in [1.82, 2.24) is 0 Å². The molecule has 0 fully saturated rings. The molecule has 0 aliphatic carbocycles. The fourth-order valence-corrected chi connectivity index (χ4v) is 0.821. The molecule has 0 saturated carbocycles. The Hall–Kier alpha value is -1.36. The zero-order valence-electron chi connectivity index (χ0n) is 7.41. The minimum Gasteiger partial charge on any atom is -0.508 e. The van der Waals surface area contributed by atoms with Crippen LogP contribution in [0.15, 0.2) is 24.3 Å². The summed E-state index contributed by atoms with van der Waals surface area (Å²) in [7, 11) is 0. The van der Waals surface area contributed by atoms with E-state index >= 15 is 0 Å². The molecule has 0 amide bonds. The van der Waals surface area contributed by atoms with Crippen molar-refractivity contribution in [1.29, 1.82) is 0 Å². The van der Waals surface area contributed by atoms with E-state index < -0.39 is 19.1 Å². The Kier molecular flexibility index (Phi) is 3.24. The maximum Gasteiger partial charge on any atom is 0.293 e. The number of halogens is 2. The van der Waals surface area contributed by atoms with Crippen molar-refractivity contribution < 1.29 is 18.6 Å². The molecule has 1 aromatic carbocycles. The molecule has 14 heavy (non-hydrogen) atoms. The van der Waals surface area contributed by atoms with E-state index in [4.69, 9.17) is 15.6 Å². The first kappa shape index (κ1) is 10.7. The summed E-state index contributed by atoms with van der Waals surface area (Å²) in [6, 6.07) is 5.66. The van der Waals surface area contributed by atoms with E-state index in [1.165, 1.54) is 24.3 Å². The summed E-state index contributed by atoms with van der Waals surface area (Å²) in [5.41, 5.74) is 4.82. The van der Waals surface area contributed by atoms with Crippen LogP contribution in [0.4, 0.5) is 8.78 Å². The van der Waals surface area contributed by atoms with Crippen LogP contribution in [0, 0.1) is 0 Å². The minimum atomic E-state index is -3.04. The molecule has 0 saturated heterocycles. The average Bonchev–Trinajstić information content (AvgIpc) is 2.15. The van der Waals surface area contributed by atoms with Gasteiger partial charge in [-0.1, -0.05) is 6.07 Å². The lowest BCUT2D eigenvalue weighted by Gasteiger charge is -2.14. The van der Waals surface area contributed by atoms with Crippen LogP contribution in [0.5, 0.6) is 11.5 Å². The Morgan fingerprint density at radius 2 is 2.14 bits per heavy atom. The van der Waals surface area contributed by atoms with Crippen LogP contribution in [-0.4, -0.2) is 24.2 Å². The fraction of sp³-hybridized carbons (Fsp3) is 0.333. The van der Waals surface area contributed by atoms with Gasteiger partial charge in [-0.2, -0.15) is 0 Å². The lowest BCUT2D eigenvalue weighted by atomic mass is 10.3. The number of rotatable bonds is 4. The summed E-state index contributed by atoms with van der Waals surface area (Å²) in [5, 5.41) is 9.01. The standard InChI is InChI=1S/C9H11F2NO2/c10-9(11,5-12)6-14-8-3-1-2-7(13)4-8/h1-4,13H,5-6,12H2. The Bertz CT molecular complexity index is 305. The van der Waals surface area contributed by atoms with E-state index in [2.05, 4.69) is 0 Å². The first-order valence-corrected chi connectivity index (χ1v) is 4.03. The Labute approximate surface area is 80.1 Å². The molecule has 1 aromatic rings. The summed E-state index contributed by atoms with van der Waals surface area (Å²) >= 11 is 0. The van der Waals surface area contributed by atoms with Crippen molar-refractivity contribution in [2.24, 2.45) is 5.73 Å². The summed E-state index contributed by atoms with van der Waals surface area (Å²) in [6.07, 6.45) is 0. The maximum atomic E-state index is 12.6. The monoisotopic (exact) mass is 203 g/mol. The summed E-state index contributed by atoms with van der Waals surface area (Å²) in [6.45, 7) is -1.54. The number of phenols is 1. The lowest BCUT2D eigenvalue weighted by Crippen LogP contribution is -2.34. The molecule has 0 bridgehead atoms. The molecule has 5 heteroatoms. The normalized spacial score (nSPS) is 11.4. The molecule has 0 atom stereocenters. The third kappa shape index (κ3) is 3.18. The van der Waals surface area contributed by atoms with Crippen molar-refractivity contribution in [3.63, 3.8) is 0 Å². The number of aromatic hydroxyl groups is 1. The molecular weight excluding hydrogens is 192 g/mol. The minimum absolute atomic E-state index is 0.0291. The number of phenolic OH excluding ortho intramolecular Hbond substituents is 1. The lowest BCUT2D eigenvalue weighted by molar-refractivity contribution is -0.0319.